The molecule has 39 heavy (non-hydrogen) atoms. The maximum Gasteiger partial charge on any atom is 0.241 e. The van der Waals surface area contributed by atoms with Crippen LogP contribution in [0.25, 0.3) is 21.9 Å². The molecule has 4 aromatic rings. The van der Waals surface area contributed by atoms with Crippen LogP contribution in [0.1, 0.15) is 12.0 Å². The van der Waals surface area contributed by atoms with Gasteiger partial charge in [-0.3, -0.25) is 4.98 Å². The molecule has 1 aromatic heterocycles. The number of hydrogen-bond donors (Lipinski definition) is 3. The summed E-state index contributed by atoms with van der Waals surface area (Å²) in [7, 11) is -3.72. The van der Waals surface area contributed by atoms with Gasteiger partial charge in [-0.15, -0.1) is 0 Å². The van der Waals surface area contributed by atoms with E-state index >= 15 is 0 Å². The summed E-state index contributed by atoms with van der Waals surface area (Å²) in [4.78, 5) is 6.86. The molecule has 5 rings (SSSR count). The van der Waals surface area contributed by atoms with E-state index in [0.29, 0.717) is 18.5 Å². The molecule has 0 atom stereocenters. The minimum absolute atomic E-state index is 0.268. The predicted molar refractivity (Wildman–Crippen MR) is 160 cm³/mol. The third kappa shape index (κ3) is 6.96. The molecule has 3 aromatic carbocycles. The SMILES string of the molecule is O=S(=O)(NCCNCCCc1ccc(Cl)cc1N1CCNCC1)c1cc(-c2ccccc2)cc2cnccc12. The fraction of sp³-hybridized carbons (Fsp3) is 0.300. The van der Waals surface area contributed by atoms with Crippen molar-refractivity contribution in [3.63, 3.8) is 0 Å². The van der Waals surface area contributed by atoms with Crippen molar-refractivity contribution in [3.8, 4) is 11.1 Å². The van der Waals surface area contributed by atoms with Crippen LogP contribution in [0.4, 0.5) is 5.69 Å². The molecule has 1 aliphatic heterocycles. The van der Waals surface area contributed by atoms with E-state index in [0.717, 1.165) is 67.1 Å². The highest BCUT2D eigenvalue weighted by Crippen LogP contribution is 2.30. The van der Waals surface area contributed by atoms with Crippen molar-refractivity contribution in [2.45, 2.75) is 17.7 Å². The lowest BCUT2D eigenvalue weighted by Gasteiger charge is -2.31. The number of sulfonamides is 1. The zero-order chi connectivity index (χ0) is 27.1. The van der Waals surface area contributed by atoms with Crippen LogP contribution in [0.2, 0.25) is 5.02 Å². The molecule has 2 heterocycles. The standard InChI is InChI=1S/C30H34ClN5O2S/c31-27-9-8-24(29(21-27)36-17-15-33-16-18-36)7-4-11-32-13-14-35-39(37,38)30-20-25(23-5-2-1-3-6-23)19-26-22-34-12-10-28(26)30/h1-3,5-6,8-10,12,19-22,32-33,35H,4,7,11,13-18H2. The Balaban J connectivity index is 1.16. The van der Waals surface area contributed by atoms with Gasteiger partial charge in [0, 0.05) is 73.1 Å². The minimum atomic E-state index is -3.72. The lowest BCUT2D eigenvalue weighted by Crippen LogP contribution is -2.43. The van der Waals surface area contributed by atoms with Crippen molar-refractivity contribution in [2.75, 3.05) is 50.7 Å². The molecule has 0 saturated carbocycles. The highest BCUT2D eigenvalue weighted by atomic mass is 35.5. The normalized spacial score (nSPS) is 14.1. The molecule has 7 nitrogen and oxygen atoms in total. The van der Waals surface area contributed by atoms with Crippen LogP contribution in [-0.4, -0.2) is 59.2 Å². The zero-order valence-corrected chi connectivity index (χ0v) is 23.4. The average Bonchev–Trinajstić information content (AvgIpc) is 2.97. The Bertz CT molecular complexity index is 1510. The maximum absolute atomic E-state index is 13.3. The predicted octanol–water partition coefficient (Wildman–Crippen LogP) is 4.47. The summed E-state index contributed by atoms with van der Waals surface area (Å²) in [5.41, 5.74) is 4.32. The van der Waals surface area contributed by atoms with Crippen molar-refractivity contribution in [3.05, 3.63) is 89.7 Å². The first-order chi connectivity index (χ1) is 19.0. The van der Waals surface area contributed by atoms with E-state index in [1.165, 1.54) is 11.3 Å². The molecule has 0 amide bonds. The smallest absolute Gasteiger partial charge is 0.241 e. The van der Waals surface area contributed by atoms with Gasteiger partial charge in [0.25, 0.3) is 0 Å². The minimum Gasteiger partial charge on any atom is -0.369 e. The molecular formula is C30H34ClN5O2S. The van der Waals surface area contributed by atoms with Gasteiger partial charge < -0.3 is 15.5 Å². The van der Waals surface area contributed by atoms with Crippen molar-refractivity contribution < 1.29 is 8.42 Å². The van der Waals surface area contributed by atoms with E-state index in [-0.39, 0.29) is 4.90 Å². The van der Waals surface area contributed by atoms with E-state index in [4.69, 9.17) is 11.6 Å². The van der Waals surface area contributed by atoms with E-state index in [1.54, 1.807) is 24.5 Å². The molecule has 0 radical (unpaired) electrons. The lowest BCUT2D eigenvalue weighted by molar-refractivity contribution is 0.574. The first-order valence-electron chi connectivity index (χ1n) is 13.4. The molecule has 0 unspecified atom stereocenters. The summed E-state index contributed by atoms with van der Waals surface area (Å²) in [6, 6.07) is 21.4. The number of hydrogen-bond acceptors (Lipinski definition) is 6. The van der Waals surface area contributed by atoms with Crippen LogP contribution < -0.4 is 20.3 Å². The number of aryl methyl sites for hydroxylation is 1. The number of fused-ring (bicyclic) bond motifs is 1. The van der Waals surface area contributed by atoms with E-state index in [2.05, 4.69) is 37.4 Å². The fourth-order valence-electron chi connectivity index (χ4n) is 5.02. The molecule has 3 N–H and O–H groups in total. The van der Waals surface area contributed by atoms with Gasteiger partial charge in [0.1, 0.15) is 0 Å². The van der Waals surface area contributed by atoms with Gasteiger partial charge in [0.2, 0.25) is 10.0 Å². The average molecular weight is 564 g/mol. The zero-order valence-electron chi connectivity index (χ0n) is 21.9. The number of nitrogens with one attached hydrogen (secondary N) is 3. The van der Waals surface area contributed by atoms with Crippen molar-refractivity contribution in [1.29, 1.82) is 0 Å². The van der Waals surface area contributed by atoms with Gasteiger partial charge in [0.05, 0.1) is 4.90 Å². The summed E-state index contributed by atoms with van der Waals surface area (Å²) in [6.07, 6.45) is 5.21. The van der Waals surface area contributed by atoms with E-state index in [9.17, 15) is 8.42 Å². The van der Waals surface area contributed by atoms with Gasteiger partial charge >= 0.3 is 0 Å². The summed E-state index contributed by atoms with van der Waals surface area (Å²) >= 11 is 6.29. The third-order valence-electron chi connectivity index (χ3n) is 7.01. The highest BCUT2D eigenvalue weighted by Gasteiger charge is 2.19. The van der Waals surface area contributed by atoms with Gasteiger partial charge in [-0.05, 0) is 66.4 Å². The largest absolute Gasteiger partial charge is 0.369 e. The Kier molecular flexibility index (Phi) is 9.11. The quantitative estimate of drug-likeness (QED) is 0.234. The Morgan fingerprint density at radius 2 is 1.74 bits per heavy atom. The third-order valence-corrected chi connectivity index (χ3v) is 8.75. The number of nitrogens with zero attached hydrogens (tertiary/aromatic N) is 2. The van der Waals surface area contributed by atoms with Crippen LogP contribution in [0.15, 0.2) is 84.0 Å². The number of pyridine rings is 1. The number of rotatable bonds is 11. The number of benzene rings is 3. The molecule has 204 valence electrons. The Morgan fingerprint density at radius 1 is 0.923 bits per heavy atom. The Morgan fingerprint density at radius 3 is 2.56 bits per heavy atom. The second-order valence-electron chi connectivity index (χ2n) is 9.70. The molecule has 1 saturated heterocycles. The van der Waals surface area contributed by atoms with Crippen LogP contribution >= 0.6 is 11.6 Å². The number of anilines is 1. The molecule has 9 heteroatoms. The van der Waals surface area contributed by atoms with Crippen molar-refractivity contribution in [1.82, 2.24) is 20.3 Å². The molecule has 0 aliphatic carbocycles. The summed E-state index contributed by atoms with van der Waals surface area (Å²) in [5, 5.41) is 8.98. The van der Waals surface area contributed by atoms with Gasteiger partial charge in [0.15, 0.2) is 0 Å². The first kappa shape index (κ1) is 27.6. The van der Waals surface area contributed by atoms with Crippen LogP contribution in [0, 0.1) is 0 Å². The summed E-state index contributed by atoms with van der Waals surface area (Å²) in [6.45, 7) is 5.56. The summed E-state index contributed by atoms with van der Waals surface area (Å²) < 4.78 is 29.5. The molecule has 1 fully saturated rings. The van der Waals surface area contributed by atoms with Crippen molar-refractivity contribution >= 4 is 38.1 Å². The van der Waals surface area contributed by atoms with Gasteiger partial charge in [-0.25, -0.2) is 13.1 Å². The van der Waals surface area contributed by atoms with Crippen molar-refractivity contribution in [2.24, 2.45) is 0 Å². The maximum atomic E-state index is 13.3. The van der Waals surface area contributed by atoms with E-state index in [1.807, 2.05) is 42.5 Å². The van der Waals surface area contributed by atoms with Crippen LogP contribution in [0.5, 0.6) is 0 Å². The molecule has 0 bridgehead atoms. The second-order valence-corrected chi connectivity index (χ2v) is 11.9. The van der Waals surface area contributed by atoms with Crippen LogP contribution in [0.3, 0.4) is 0 Å². The molecule has 1 aliphatic rings. The topological polar surface area (TPSA) is 86.4 Å². The number of halogens is 1. The van der Waals surface area contributed by atoms with Crippen LogP contribution in [-0.2, 0) is 16.4 Å². The Hall–Kier alpha value is -3.01. The number of piperazine rings is 1. The lowest BCUT2D eigenvalue weighted by atomic mass is 10.0. The highest BCUT2D eigenvalue weighted by molar-refractivity contribution is 7.89. The monoisotopic (exact) mass is 563 g/mol. The van der Waals surface area contributed by atoms with E-state index < -0.39 is 10.0 Å². The molecule has 0 spiro atoms. The summed E-state index contributed by atoms with van der Waals surface area (Å²) in [5.74, 6) is 0. The fourth-order valence-corrected chi connectivity index (χ4v) is 6.47. The molecular weight excluding hydrogens is 530 g/mol. The first-order valence-corrected chi connectivity index (χ1v) is 15.2. The van der Waals surface area contributed by atoms with Gasteiger partial charge in [-0.2, -0.15) is 0 Å². The Labute approximate surface area is 235 Å². The van der Waals surface area contributed by atoms with Gasteiger partial charge in [-0.1, -0.05) is 48.0 Å². The number of aromatic nitrogens is 1. The second kappa shape index (κ2) is 12.9.